The van der Waals surface area contributed by atoms with Crippen LogP contribution in [0.3, 0.4) is 0 Å². The van der Waals surface area contributed by atoms with E-state index in [0.717, 1.165) is 44.3 Å². The first kappa shape index (κ1) is 18.5. The van der Waals surface area contributed by atoms with Crippen molar-refractivity contribution in [2.45, 2.75) is 0 Å². The topological polar surface area (TPSA) is 25.8 Å². The molecule has 0 radical (unpaired) electrons. The third-order valence-corrected chi connectivity index (χ3v) is 5.87. The van der Waals surface area contributed by atoms with E-state index in [-0.39, 0.29) is 0 Å². The molecule has 0 atom stereocenters. The highest BCUT2D eigenvalue weighted by atomic mass is 14.8. The van der Waals surface area contributed by atoms with Crippen LogP contribution in [-0.4, -0.2) is 9.97 Å². The summed E-state index contributed by atoms with van der Waals surface area (Å²) in [5, 5.41) is 2.25. The van der Waals surface area contributed by atoms with Crippen molar-refractivity contribution in [3.63, 3.8) is 0 Å². The van der Waals surface area contributed by atoms with Gasteiger partial charge < -0.3 is 0 Å². The van der Waals surface area contributed by atoms with Gasteiger partial charge in [-0.2, -0.15) is 0 Å². The molecule has 32 heavy (non-hydrogen) atoms. The molecule has 6 aromatic rings. The fraction of sp³-hybridized carbons (Fsp3) is 0. The third kappa shape index (κ3) is 3.23. The number of nitrogens with zero attached hydrogens (tertiary/aromatic N) is 2. The number of hydrogen-bond donors (Lipinski definition) is 0. The molecule has 0 aliphatic heterocycles. The summed E-state index contributed by atoms with van der Waals surface area (Å²) in [6.45, 7) is 0. The maximum Gasteiger partial charge on any atom is 0.0894 e. The first-order chi connectivity index (χ1) is 15.9. The maximum atomic E-state index is 5.07. The molecule has 2 aromatic heterocycles. The average molecular weight is 409 g/mol. The minimum Gasteiger partial charge on any atom is -0.245 e. The average Bonchev–Trinajstić information content (AvgIpc) is 2.88. The second kappa shape index (κ2) is 7.75. The van der Waals surface area contributed by atoms with Crippen molar-refractivity contribution in [1.82, 2.24) is 9.97 Å². The largest absolute Gasteiger partial charge is 0.245 e. The Hall–Kier alpha value is -4.30. The molecule has 2 heterocycles. The highest BCUT2D eigenvalue weighted by Gasteiger charge is 2.11. The monoisotopic (exact) mass is 408 g/mol. The number of aromatic nitrogens is 2. The molecule has 0 aliphatic rings. The van der Waals surface area contributed by atoms with Crippen molar-refractivity contribution in [2.75, 3.05) is 0 Å². The third-order valence-electron chi connectivity index (χ3n) is 5.87. The quantitative estimate of drug-likeness (QED) is 0.299. The summed E-state index contributed by atoms with van der Waals surface area (Å²) >= 11 is 0. The van der Waals surface area contributed by atoms with Crippen LogP contribution < -0.4 is 0 Å². The van der Waals surface area contributed by atoms with Crippen molar-refractivity contribution < 1.29 is 0 Å². The molecule has 4 aromatic carbocycles. The molecule has 0 fully saturated rings. The maximum absolute atomic E-state index is 5.07. The molecule has 6 rings (SSSR count). The van der Waals surface area contributed by atoms with Crippen LogP contribution in [-0.2, 0) is 0 Å². The zero-order valence-corrected chi connectivity index (χ0v) is 17.4. The van der Waals surface area contributed by atoms with Gasteiger partial charge in [-0.1, -0.05) is 109 Å². The Balaban J connectivity index is 1.54. The molecule has 0 saturated carbocycles. The number of rotatable bonds is 3. The van der Waals surface area contributed by atoms with Crippen LogP contribution >= 0.6 is 0 Å². The van der Waals surface area contributed by atoms with Crippen LogP contribution in [0.15, 0.2) is 121 Å². The first-order valence-corrected chi connectivity index (χ1v) is 10.8. The van der Waals surface area contributed by atoms with E-state index < -0.39 is 0 Å². The van der Waals surface area contributed by atoms with Crippen LogP contribution in [0, 0.1) is 0 Å². The highest BCUT2D eigenvalue weighted by Crippen LogP contribution is 2.32. The molecule has 0 bridgehead atoms. The molecule has 150 valence electrons. The number of benzene rings is 4. The van der Waals surface area contributed by atoms with E-state index in [9.17, 15) is 0 Å². The van der Waals surface area contributed by atoms with E-state index in [1.165, 1.54) is 11.1 Å². The summed E-state index contributed by atoms with van der Waals surface area (Å²) in [4.78, 5) is 10.1. The SMILES string of the molecule is c1ccc(-c2cccc3ccc(-c4ccc5cccc(-c6ccccc6)c5n4)nc23)cc1. The van der Waals surface area contributed by atoms with Gasteiger partial charge in [0.2, 0.25) is 0 Å². The Morgan fingerprint density at radius 3 is 1.22 bits per heavy atom. The lowest BCUT2D eigenvalue weighted by atomic mass is 10.0. The van der Waals surface area contributed by atoms with E-state index in [0.29, 0.717) is 0 Å². The van der Waals surface area contributed by atoms with Gasteiger partial charge in [0, 0.05) is 21.9 Å². The lowest BCUT2D eigenvalue weighted by Gasteiger charge is -2.10. The Kier molecular flexibility index (Phi) is 4.47. The van der Waals surface area contributed by atoms with Gasteiger partial charge in [0.05, 0.1) is 22.4 Å². The fourth-order valence-electron chi connectivity index (χ4n) is 4.28. The predicted molar refractivity (Wildman–Crippen MR) is 133 cm³/mol. The molecular formula is C30H20N2. The number of para-hydroxylation sites is 2. The molecule has 2 nitrogen and oxygen atoms in total. The smallest absolute Gasteiger partial charge is 0.0894 e. The van der Waals surface area contributed by atoms with E-state index in [2.05, 4.69) is 109 Å². The molecular weight excluding hydrogens is 388 g/mol. The molecule has 0 spiro atoms. The van der Waals surface area contributed by atoms with Crippen molar-refractivity contribution in [3.8, 4) is 33.6 Å². The van der Waals surface area contributed by atoms with Crippen LogP contribution in [0.1, 0.15) is 0 Å². The highest BCUT2D eigenvalue weighted by molar-refractivity contribution is 5.96. The second-order valence-electron chi connectivity index (χ2n) is 7.88. The Morgan fingerprint density at radius 2 is 0.781 bits per heavy atom. The molecule has 0 unspecified atom stereocenters. The van der Waals surface area contributed by atoms with E-state index in [4.69, 9.17) is 9.97 Å². The fourth-order valence-corrected chi connectivity index (χ4v) is 4.28. The molecule has 2 heteroatoms. The summed E-state index contributed by atoms with van der Waals surface area (Å²) in [6, 6.07) is 41.9. The van der Waals surface area contributed by atoms with Gasteiger partial charge in [0.1, 0.15) is 0 Å². The standard InChI is InChI=1S/C30H20N2/c1-3-9-21(10-4-1)25-15-7-13-23-17-19-27(31-29(23)25)28-20-18-24-14-8-16-26(30(24)32-28)22-11-5-2-6-12-22/h1-20H. The minimum atomic E-state index is 0.880. The van der Waals surface area contributed by atoms with Crippen LogP contribution in [0.2, 0.25) is 0 Å². The first-order valence-electron chi connectivity index (χ1n) is 10.8. The minimum absolute atomic E-state index is 0.880. The molecule has 0 amide bonds. The van der Waals surface area contributed by atoms with Gasteiger partial charge in [0.25, 0.3) is 0 Å². The van der Waals surface area contributed by atoms with E-state index >= 15 is 0 Å². The second-order valence-corrected chi connectivity index (χ2v) is 7.88. The van der Waals surface area contributed by atoms with Crippen LogP contribution in [0.25, 0.3) is 55.4 Å². The van der Waals surface area contributed by atoms with E-state index in [1.807, 2.05) is 12.1 Å². The van der Waals surface area contributed by atoms with Crippen molar-refractivity contribution in [1.29, 1.82) is 0 Å². The number of fused-ring (bicyclic) bond motifs is 2. The van der Waals surface area contributed by atoms with Crippen LogP contribution in [0.5, 0.6) is 0 Å². The van der Waals surface area contributed by atoms with Crippen molar-refractivity contribution >= 4 is 21.8 Å². The summed E-state index contributed by atoms with van der Waals surface area (Å²) in [6.07, 6.45) is 0. The summed E-state index contributed by atoms with van der Waals surface area (Å²) in [7, 11) is 0. The zero-order chi connectivity index (χ0) is 21.3. The molecule has 0 aliphatic carbocycles. The lowest BCUT2D eigenvalue weighted by Crippen LogP contribution is -1.92. The lowest BCUT2D eigenvalue weighted by molar-refractivity contribution is 1.32. The Bertz CT molecular complexity index is 1430. The van der Waals surface area contributed by atoms with Gasteiger partial charge in [0.15, 0.2) is 0 Å². The number of pyridine rings is 2. The van der Waals surface area contributed by atoms with Crippen LogP contribution in [0.4, 0.5) is 0 Å². The van der Waals surface area contributed by atoms with E-state index in [1.54, 1.807) is 0 Å². The van der Waals surface area contributed by atoms with Gasteiger partial charge in [-0.05, 0) is 23.3 Å². The summed E-state index contributed by atoms with van der Waals surface area (Å²) < 4.78 is 0. The molecule has 0 saturated heterocycles. The Morgan fingerprint density at radius 1 is 0.344 bits per heavy atom. The number of hydrogen-bond acceptors (Lipinski definition) is 2. The summed E-state index contributed by atoms with van der Waals surface area (Å²) in [5.74, 6) is 0. The van der Waals surface area contributed by atoms with Crippen molar-refractivity contribution in [3.05, 3.63) is 121 Å². The molecule has 0 N–H and O–H groups in total. The predicted octanol–water partition coefficient (Wildman–Crippen LogP) is 7.78. The zero-order valence-electron chi connectivity index (χ0n) is 17.4. The summed E-state index contributed by atoms with van der Waals surface area (Å²) in [5.41, 5.74) is 8.35. The van der Waals surface area contributed by atoms with Gasteiger partial charge in [-0.15, -0.1) is 0 Å². The van der Waals surface area contributed by atoms with Gasteiger partial charge in [-0.3, -0.25) is 0 Å². The Labute approximate surface area is 186 Å². The van der Waals surface area contributed by atoms with Gasteiger partial charge >= 0.3 is 0 Å². The van der Waals surface area contributed by atoms with Gasteiger partial charge in [-0.25, -0.2) is 9.97 Å². The van der Waals surface area contributed by atoms with Crippen molar-refractivity contribution in [2.24, 2.45) is 0 Å². The normalized spacial score (nSPS) is 11.1.